The molecule has 0 aromatic heterocycles. The molecule has 0 bridgehead atoms. The smallest absolute Gasteiger partial charge is 0.0239 e. The van der Waals surface area contributed by atoms with Crippen LogP contribution in [-0.4, -0.2) is 6.04 Å². The Balaban J connectivity index is 1.68. The molecule has 0 aromatic carbocycles. The maximum absolute atomic E-state index is 5.68. The van der Waals surface area contributed by atoms with Gasteiger partial charge in [-0.05, 0) is 49.4 Å². The zero-order valence-corrected chi connectivity index (χ0v) is 10.2. The number of rotatable bonds is 6. The Morgan fingerprint density at radius 3 is 2.33 bits per heavy atom. The second kappa shape index (κ2) is 4.84. The molecule has 15 heavy (non-hydrogen) atoms. The van der Waals surface area contributed by atoms with Gasteiger partial charge < -0.3 is 0 Å². The number of nitrogens with two attached hydrogens (primary N) is 1. The summed E-state index contributed by atoms with van der Waals surface area (Å²) >= 11 is 0. The van der Waals surface area contributed by atoms with E-state index in [0.717, 1.165) is 23.7 Å². The molecule has 0 heterocycles. The molecule has 2 heteroatoms. The highest BCUT2D eigenvalue weighted by Gasteiger charge is 2.47. The second-order valence-corrected chi connectivity index (χ2v) is 6.09. The van der Waals surface area contributed by atoms with Crippen LogP contribution < -0.4 is 11.3 Å². The number of fused-ring (bicyclic) bond motifs is 1. The molecule has 3 atom stereocenters. The first-order chi connectivity index (χ1) is 7.20. The quantitative estimate of drug-likeness (QED) is 0.522. The van der Waals surface area contributed by atoms with Gasteiger partial charge in [-0.3, -0.25) is 11.3 Å². The molecule has 0 amide bonds. The number of hydrazine groups is 1. The van der Waals surface area contributed by atoms with E-state index in [4.69, 9.17) is 5.84 Å². The van der Waals surface area contributed by atoms with Gasteiger partial charge in [0, 0.05) is 6.04 Å². The van der Waals surface area contributed by atoms with Crippen molar-refractivity contribution in [1.29, 1.82) is 0 Å². The normalized spacial score (nSPS) is 35.6. The summed E-state index contributed by atoms with van der Waals surface area (Å²) in [6.45, 7) is 4.60. The van der Waals surface area contributed by atoms with Gasteiger partial charge in [0.1, 0.15) is 0 Å². The minimum absolute atomic E-state index is 0.594. The lowest BCUT2D eigenvalue weighted by molar-refractivity contribution is 0.309. The minimum atomic E-state index is 0.594. The van der Waals surface area contributed by atoms with E-state index < -0.39 is 0 Å². The average molecular weight is 210 g/mol. The van der Waals surface area contributed by atoms with Crippen LogP contribution in [0.5, 0.6) is 0 Å². The summed E-state index contributed by atoms with van der Waals surface area (Å²) in [4.78, 5) is 0. The van der Waals surface area contributed by atoms with Crippen molar-refractivity contribution in [1.82, 2.24) is 5.43 Å². The Bertz CT molecular complexity index is 193. The van der Waals surface area contributed by atoms with Gasteiger partial charge in [0.05, 0.1) is 0 Å². The predicted molar refractivity (Wildman–Crippen MR) is 64.1 cm³/mol. The maximum Gasteiger partial charge on any atom is 0.0239 e. The highest BCUT2D eigenvalue weighted by Crippen LogP contribution is 2.55. The van der Waals surface area contributed by atoms with Crippen molar-refractivity contribution in [2.45, 2.75) is 58.4 Å². The molecule has 2 aliphatic carbocycles. The van der Waals surface area contributed by atoms with Gasteiger partial charge in [-0.25, -0.2) is 0 Å². The van der Waals surface area contributed by atoms with Crippen molar-refractivity contribution in [2.75, 3.05) is 0 Å². The third-order valence-electron chi connectivity index (χ3n) is 4.36. The Labute approximate surface area is 94.0 Å². The highest BCUT2D eigenvalue weighted by atomic mass is 15.2. The van der Waals surface area contributed by atoms with Gasteiger partial charge in [-0.15, -0.1) is 0 Å². The van der Waals surface area contributed by atoms with Crippen LogP contribution in [0.1, 0.15) is 52.4 Å². The Kier molecular flexibility index (Phi) is 3.68. The Morgan fingerprint density at radius 1 is 1.13 bits per heavy atom. The molecule has 2 aliphatic rings. The summed E-state index contributed by atoms with van der Waals surface area (Å²) in [5, 5.41) is 0. The summed E-state index contributed by atoms with van der Waals surface area (Å²) in [6, 6.07) is 0.594. The predicted octanol–water partition coefficient (Wildman–Crippen LogP) is 2.69. The maximum atomic E-state index is 5.68. The molecule has 2 fully saturated rings. The summed E-state index contributed by atoms with van der Waals surface area (Å²) in [5.74, 6) is 9.55. The molecule has 0 aliphatic heterocycles. The van der Waals surface area contributed by atoms with Gasteiger partial charge in [0.15, 0.2) is 0 Å². The number of nitrogens with one attached hydrogen (secondary N) is 1. The van der Waals surface area contributed by atoms with Crippen molar-refractivity contribution in [3.05, 3.63) is 0 Å². The van der Waals surface area contributed by atoms with E-state index >= 15 is 0 Å². The molecular formula is C13H26N2. The van der Waals surface area contributed by atoms with Crippen LogP contribution in [0.2, 0.25) is 0 Å². The minimum Gasteiger partial charge on any atom is -0.271 e. The molecule has 0 saturated heterocycles. The lowest BCUT2D eigenvalue weighted by atomic mass is 9.90. The first-order valence-corrected chi connectivity index (χ1v) is 6.66. The van der Waals surface area contributed by atoms with Gasteiger partial charge in [-0.2, -0.15) is 0 Å². The summed E-state index contributed by atoms with van der Waals surface area (Å²) in [5.41, 5.74) is 3.06. The van der Waals surface area contributed by atoms with E-state index in [1.807, 2.05) is 0 Å². The van der Waals surface area contributed by atoms with Crippen LogP contribution in [0.3, 0.4) is 0 Å². The van der Waals surface area contributed by atoms with Gasteiger partial charge in [0.2, 0.25) is 0 Å². The van der Waals surface area contributed by atoms with E-state index in [1.54, 1.807) is 0 Å². The molecule has 88 valence electrons. The van der Waals surface area contributed by atoms with Crippen molar-refractivity contribution < 1.29 is 0 Å². The van der Waals surface area contributed by atoms with E-state index in [2.05, 4.69) is 19.3 Å². The first kappa shape index (κ1) is 11.4. The Hall–Kier alpha value is -0.0800. The van der Waals surface area contributed by atoms with Crippen LogP contribution >= 0.6 is 0 Å². The third kappa shape index (κ3) is 2.94. The monoisotopic (exact) mass is 210 g/mol. The SMILES string of the molecule is CC(C)CCCC(NN)C1CC2CC2C1. The van der Waals surface area contributed by atoms with Crippen LogP contribution in [-0.2, 0) is 0 Å². The molecule has 0 aromatic rings. The molecule has 0 radical (unpaired) electrons. The molecule has 2 saturated carbocycles. The molecule has 0 spiro atoms. The van der Waals surface area contributed by atoms with E-state index in [-0.39, 0.29) is 0 Å². The van der Waals surface area contributed by atoms with Crippen LogP contribution in [0.15, 0.2) is 0 Å². The lowest BCUT2D eigenvalue weighted by Crippen LogP contribution is -2.40. The first-order valence-electron chi connectivity index (χ1n) is 6.66. The standard InChI is InChI=1S/C13H26N2/c1-9(2)4-3-5-13(15-14)12-7-10-6-11(10)8-12/h9-13,15H,3-8,14H2,1-2H3. The third-order valence-corrected chi connectivity index (χ3v) is 4.36. The summed E-state index contributed by atoms with van der Waals surface area (Å²) in [6.07, 6.45) is 8.36. The largest absolute Gasteiger partial charge is 0.271 e. The van der Waals surface area contributed by atoms with E-state index in [9.17, 15) is 0 Å². The average Bonchev–Trinajstić information content (AvgIpc) is 2.80. The van der Waals surface area contributed by atoms with Crippen molar-refractivity contribution >= 4 is 0 Å². The molecule has 3 N–H and O–H groups in total. The fourth-order valence-electron chi connectivity index (χ4n) is 3.29. The molecule has 2 nitrogen and oxygen atoms in total. The van der Waals surface area contributed by atoms with Gasteiger partial charge in [0.25, 0.3) is 0 Å². The summed E-state index contributed by atoms with van der Waals surface area (Å²) in [7, 11) is 0. The van der Waals surface area contributed by atoms with E-state index in [0.29, 0.717) is 6.04 Å². The molecule has 2 rings (SSSR count). The van der Waals surface area contributed by atoms with Crippen molar-refractivity contribution in [3.63, 3.8) is 0 Å². The summed E-state index contributed by atoms with van der Waals surface area (Å²) < 4.78 is 0. The fourth-order valence-corrected chi connectivity index (χ4v) is 3.29. The fraction of sp³-hybridized carbons (Fsp3) is 1.00. The van der Waals surface area contributed by atoms with Crippen molar-refractivity contribution in [3.8, 4) is 0 Å². The van der Waals surface area contributed by atoms with Crippen LogP contribution in [0, 0.1) is 23.7 Å². The van der Waals surface area contributed by atoms with Crippen molar-refractivity contribution in [2.24, 2.45) is 29.5 Å². The number of hydrogen-bond acceptors (Lipinski definition) is 2. The van der Waals surface area contributed by atoms with Gasteiger partial charge >= 0.3 is 0 Å². The highest BCUT2D eigenvalue weighted by molar-refractivity contribution is 4.98. The molecule has 3 unspecified atom stereocenters. The Morgan fingerprint density at radius 2 is 1.80 bits per heavy atom. The van der Waals surface area contributed by atoms with Gasteiger partial charge in [-0.1, -0.05) is 26.7 Å². The second-order valence-electron chi connectivity index (χ2n) is 6.09. The van der Waals surface area contributed by atoms with E-state index in [1.165, 1.54) is 38.5 Å². The molecular weight excluding hydrogens is 184 g/mol. The van der Waals surface area contributed by atoms with Crippen LogP contribution in [0.4, 0.5) is 0 Å². The zero-order valence-electron chi connectivity index (χ0n) is 10.2. The zero-order chi connectivity index (χ0) is 10.8. The lowest BCUT2D eigenvalue weighted by Gasteiger charge is -2.24. The topological polar surface area (TPSA) is 38.0 Å². The van der Waals surface area contributed by atoms with Crippen LogP contribution in [0.25, 0.3) is 0 Å². The number of hydrogen-bond donors (Lipinski definition) is 2.